The largest absolute Gasteiger partial charge is 0.480 e. The van der Waals surface area contributed by atoms with Gasteiger partial charge in [-0.05, 0) is 19.8 Å². The Morgan fingerprint density at radius 1 is 1.17 bits per heavy atom. The van der Waals surface area contributed by atoms with Gasteiger partial charge in [0.05, 0.1) is 0 Å². The summed E-state index contributed by atoms with van der Waals surface area (Å²) in [4.78, 5) is 24.0. The lowest BCUT2D eigenvalue weighted by Crippen LogP contribution is -2.48. The topological polar surface area (TPSA) is 69.6 Å². The number of carboxylic acids is 1. The minimum atomic E-state index is -0.981. The van der Waals surface area contributed by atoms with Crippen molar-refractivity contribution in [2.75, 3.05) is 7.05 Å². The second-order valence-corrected chi connectivity index (χ2v) is 5.12. The van der Waals surface area contributed by atoms with Crippen LogP contribution in [-0.2, 0) is 4.79 Å². The van der Waals surface area contributed by atoms with Gasteiger partial charge in [0.15, 0.2) is 0 Å². The quantitative estimate of drug-likeness (QED) is 0.813. The lowest BCUT2D eigenvalue weighted by Gasteiger charge is -2.26. The van der Waals surface area contributed by atoms with Crippen LogP contribution in [0.3, 0.4) is 0 Å². The van der Waals surface area contributed by atoms with Crippen molar-refractivity contribution in [3.05, 3.63) is 0 Å². The summed E-state index contributed by atoms with van der Waals surface area (Å²) in [6.45, 7) is 1.51. The Morgan fingerprint density at radius 2 is 1.67 bits per heavy atom. The maximum absolute atomic E-state index is 11.9. The van der Waals surface area contributed by atoms with Crippen molar-refractivity contribution < 1.29 is 14.7 Å². The second kappa shape index (κ2) is 7.24. The number of aliphatic carboxylic acids is 1. The van der Waals surface area contributed by atoms with Crippen molar-refractivity contribution in [3.8, 4) is 0 Å². The molecule has 1 aliphatic rings. The molecule has 1 atom stereocenters. The van der Waals surface area contributed by atoms with E-state index in [2.05, 4.69) is 5.32 Å². The number of urea groups is 1. The number of nitrogens with zero attached hydrogens (tertiary/aromatic N) is 1. The summed E-state index contributed by atoms with van der Waals surface area (Å²) in [7, 11) is 1.52. The molecule has 2 amide bonds. The third-order valence-electron chi connectivity index (χ3n) is 3.69. The van der Waals surface area contributed by atoms with Crippen molar-refractivity contribution in [3.63, 3.8) is 0 Å². The van der Waals surface area contributed by atoms with Crippen molar-refractivity contribution in [1.29, 1.82) is 0 Å². The molecule has 0 aliphatic heterocycles. The van der Waals surface area contributed by atoms with E-state index in [1.54, 1.807) is 0 Å². The van der Waals surface area contributed by atoms with Gasteiger partial charge in [0.2, 0.25) is 0 Å². The number of nitrogens with one attached hydrogen (secondary N) is 1. The molecule has 18 heavy (non-hydrogen) atoms. The van der Waals surface area contributed by atoms with Crippen LogP contribution in [0.15, 0.2) is 0 Å². The summed E-state index contributed by atoms with van der Waals surface area (Å²) in [6.07, 6.45) is 8.03. The molecule has 0 heterocycles. The van der Waals surface area contributed by atoms with Crippen LogP contribution in [0.5, 0.6) is 0 Å². The minimum absolute atomic E-state index is 0.196. The Balaban J connectivity index is 2.44. The van der Waals surface area contributed by atoms with Gasteiger partial charge in [0.1, 0.15) is 6.04 Å². The fourth-order valence-electron chi connectivity index (χ4n) is 2.22. The van der Waals surface area contributed by atoms with Crippen LogP contribution in [0, 0.1) is 0 Å². The van der Waals surface area contributed by atoms with Gasteiger partial charge in [0, 0.05) is 13.1 Å². The molecule has 5 heteroatoms. The molecule has 0 aromatic rings. The molecule has 1 fully saturated rings. The molecule has 1 unspecified atom stereocenters. The van der Waals surface area contributed by atoms with E-state index in [9.17, 15) is 9.59 Å². The number of likely N-dealkylation sites (N-methyl/N-ethyl adjacent to an activating group) is 1. The molecule has 1 saturated carbocycles. The number of hydrogen-bond acceptors (Lipinski definition) is 2. The van der Waals surface area contributed by atoms with E-state index in [0.717, 1.165) is 25.7 Å². The summed E-state index contributed by atoms with van der Waals surface area (Å²) in [6, 6.07) is -0.879. The number of carbonyl (C=O) groups excluding carboxylic acids is 1. The summed E-state index contributed by atoms with van der Waals surface area (Å²) in [5.41, 5.74) is 0. The molecule has 0 spiro atoms. The molecule has 0 saturated heterocycles. The summed E-state index contributed by atoms with van der Waals surface area (Å²) in [5.74, 6) is -0.981. The first kappa shape index (κ1) is 14.8. The lowest BCUT2D eigenvalue weighted by molar-refractivity contribution is -0.141. The average Bonchev–Trinajstić information content (AvgIpc) is 2.30. The second-order valence-electron chi connectivity index (χ2n) is 5.12. The highest BCUT2D eigenvalue weighted by Gasteiger charge is 2.23. The molecule has 104 valence electrons. The molecule has 1 aliphatic carbocycles. The number of carboxylic acid groups (broad SMARTS) is 1. The van der Waals surface area contributed by atoms with Crippen LogP contribution >= 0.6 is 0 Å². The van der Waals surface area contributed by atoms with Gasteiger partial charge in [-0.15, -0.1) is 0 Å². The highest BCUT2D eigenvalue weighted by Crippen LogP contribution is 2.17. The Hall–Kier alpha value is -1.26. The van der Waals surface area contributed by atoms with Crippen LogP contribution in [0.1, 0.15) is 51.9 Å². The Labute approximate surface area is 109 Å². The third-order valence-corrected chi connectivity index (χ3v) is 3.69. The molecule has 5 nitrogen and oxygen atoms in total. The third kappa shape index (κ3) is 4.55. The maximum Gasteiger partial charge on any atom is 0.326 e. The fourth-order valence-corrected chi connectivity index (χ4v) is 2.22. The molecule has 0 aromatic carbocycles. The first-order valence-corrected chi connectivity index (χ1v) is 6.78. The van der Waals surface area contributed by atoms with Gasteiger partial charge in [-0.1, -0.05) is 32.1 Å². The average molecular weight is 256 g/mol. The standard InChI is InChI=1S/C13H24N2O3/c1-10(12(16)17)15(2)13(18)14-11-8-6-4-3-5-7-9-11/h10-11H,3-9H2,1-2H3,(H,14,18)(H,16,17). The van der Waals surface area contributed by atoms with E-state index in [-0.39, 0.29) is 12.1 Å². The molecule has 0 radical (unpaired) electrons. The summed E-state index contributed by atoms with van der Waals surface area (Å²) in [5, 5.41) is 11.8. The Bertz CT molecular complexity index is 286. The van der Waals surface area contributed by atoms with Crippen molar-refractivity contribution in [2.24, 2.45) is 0 Å². The number of rotatable bonds is 3. The zero-order valence-electron chi connectivity index (χ0n) is 11.3. The number of hydrogen-bond donors (Lipinski definition) is 2. The van der Waals surface area contributed by atoms with Crippen molar-refractivity contribution >= 4 is 12.0 Å². The fraction of sp³-hybridized carbons (Fsp3) is 0.846. The summed E-state index contributed by atoms with van der Waals surface area (Å²) >= 11 is 0. The highest BCUT2D eigenvalue weighted by atomic mass is 16.4. The first-order valence-electron chi connectivity index (χ1n) is 6.78. The van der Waals surface area contributed by atoms with Gasteiger partial charge in [0.25, 0.3) is 0 Å². The smallest absolute Gasteiger partial charge is 0.326 e. The maximum atomic E-state index is 11.9. The monoisotopic (exact) mass is 256 g/mol. The Morgan fingerprint density at radius 3 is 2.17 bits per heavy atom. The van der Waals surface area contributed by atoms with E-state index < -0.39 is 12.0 Å². The van der Waals surface area contributed by atoms with Gasteiger partial charge >= 0.3 is 12.0 Å². The van der Waals surface area contributed by atoms with E-state index in [4.69, 9.17) is 5.11 Å². The Kier molecular flexibility index (Phi) is 5.95. The molecular formula is C13H24N2O3. The van der Waals surface area contributed by atoms with E-state index >= 15 is 0 Å². The van der Waals surface area contributed by atoms with Gasteiger partial charge < -0.3 is 15.3 Å². The van der Waals surface area contributed by atoms with Crippen molar-refractivity contribution in [2.45, 2.75) is 64.0 Å². The highest BCUT2D eigenvalue weighted by molar-refractivity contribution is 5.82. The predicted octanol–water partition coefficient (Wildman–Crippen LogP) is 2.21. The lowest BCUT2D eigenvalue weighted by atomic mass is 9.97. The van der Waals surface area contributed by atoms with Gasteiger partial charge in [-0.3, -0.25) is 0 Å². The molecule has 1 rings (SSSR count). The number of amides is 2. The van der Waals surface area contributed by atoms with Crippen molar-refractivity contribution in [1.82, 2.24) is 10.2 Å². The van der Waals surface area contributed by atoms with Crippen LogP contribution in [0.4, 0.5) is 4.79 Å². The van der Waals surface area contributed by atoms with Crippen LogP contribution in [0.2, 0.25) is 0 Å². The van der Waals surface area contributed by atoms with Crippen LogP contribution in [0.25, 0.3) is 0 Å². The first-order chi connectivity index (χ1) is 8.52. The normalized spacial score (nSPS) is 19.4. The van der Waals surface area contributed by atoms with Gasteiger partial charge in [-0.25, -0.2) is 9.59 Å². The zero-order chi connectivity index (χ0) is 13.5. The number of carbonyl (C=O) groups is 2. The van der Waals surface area contributed by atoms with Crippen LogP contribution < -0.4 is 5.32 Å². The van der Waals surface area contributed by atoms with Crippen LogP contribution in [-0.4, -0.2) is 41.1 Å². The molecular weight excluding hydrogens is 232 g/mol. The molecule has 0 bridgehead atoms. The van der Waals surface area contributed by atoms with E-state index in [0.29, 0.717) is 0 Å². The van der Waals surface area contributed by atoms with E-state index in [1.165, 1.54) is 38.1 Å². The minimum Gasteiger partial charge on any atom is -0.480 e. The SMILES string of the molecule is CC(C(=O)O)N(C)C(=O)NC1CCCCCCC1. The van der Waals surface area contributed by atoms with Gasteiger partial charge in [-0.2, -0.15) is 0 Å². The zero-order valence-corrected chi connectivity index (χ0v) is 11.3. The summed E-state index contributed by atoms with van der Waals surface area (Å²) < 4.78 is 0. The van der Waals surface area contributed by atoms with E-state index in [1.807, 2.05) is 0 Å². The molecule has 0 aromatic heterocycles. The molecule has 2 N–H and O–H groups in total. The predicted molar refractivity (Wildman–Crippen MR) is 69.5 cm³/mol.